The zero-order valence-corrected chi connectivity index (χ0v) is 71.1. The van der Waals surface area contributed by atoms with Gasteiger partial charge in [0.25, 0.3) is 0 Å². The monoisotopic (exact) mass is 1590 g/mol. The van der Waals surface area contributed by atoms with E-state index in [-0.39, 0.29) is 23.5 Å². The normalized spacial score (nSPS) is 12.2. The summed E-state index contributed by atoms with van der Waals surface area (Å²) >= 11 is 0. The van der Waals surface area contributed by atoms with E-state index in [1.165, 1.54) is 74.9 Å². The molecule has 8 heteroatoms. The van der Waals surface area contributed by atoms with Crippen LogP contribution >= 0.6 is 0 Å². The highest BCUT2D eigenvalue weighted by molar-refractivity contribution is 7.20. The molecule has 18 aromatic carbocycles. The molecule has 0 saturated carbocycles. The standard InChI is InChI=1S/C112H90F2N2O2Si2/c1-69(2)89-59-61-95-106(116(104-22-16-20-94-92-18-12-14-24-108(92)118-112(94)104)102-64-42-80(114)66-98(102)78-39-57-88(58-40-78)120(84-49-31-74(8)32-50-84,85-51-33-75(9)34-52-85)86-53-35-76(10)36-54-86)68-100-90(70(3)4)60-62-96-105(67-99(89)109(95)110(96)100)115(103-21-15-19-93-91-17-11-13-23-107(91)117-111(93)103)101-63-41-79(113)65-97(101)77-37-55-87(56-38-77)119(81-43-25-71(5)26-44-81,82-45-27-72(6)28-46-82)83-47-29-73(7)30-48-83/h11-70H,1-10H3. The molecular weight excluding hydrogens is 1500 g/mol. The fourth-order valence-corrected chi connectivity index (χ4v) is 28.8. The van der Waals surface area contributed by atoms with Crippen LogP contribution in [0.4, 0.5) is 42.9 Å². The minimum Gasteiger partial charge on any atom is -0.454 e. The van der Waals surface area contributed by atoms with Gasteiger partial charge in [-0.15, -0.1) is 0 Å². The third-order valence-electron chi connectivity index (χ3n) is 25.5. The number of halogens is 2. The Morgan fingerprint density at radius 2 is 0.525 bits per heavy atom. The summed E-state index contributed by atoms with van der Waals surface area (Å²) in [5, 5.41) is 20.3. The molecule has 2 aromatic heterocycles. The van der Waals surface area contributed by atoms with Crippen LogP contribution in [0.15, 0.2) is 361 Å². The van der Waals surface area contributed by atoms with Crippen LogP contribution in [0.2, 0.25) is 0 Å². The molecule has 582 valence electrons. The summed E-state index contributed by atoms with van der Waals surface area (Å²) in [5.41, 5.74) is 20.6. The van der Waals surface area contributed by atoms with E-state index < -0.39 is 16.1 Å². The van der Waals surface area contributed by atoms with Gasteiger partial charge in [0.2, 0.25) is 0 Å². The lowest BCUT2D eigenvalue weighted by Gasteiger charge is -2.35. The molecule has 2 heterocycles. The van der Waals surface area contributed by atoms with Crippen molar-refractivity contribution < 1.29 is 17.6 Å². The van der Waals surface area contributed by atoms with E-state index in [9.17, 15) is 0 Å². The predicted octanol–water partition coefficient (Wildman–Crippen LogP) is 25.8. The van der Waals surface area contributed by atoms with E-state index in [1.54, 1.807) is 24.3 Å². The van der Waals surface area contributed by atoms with Gasteiger partial charge in [0.05, 0.1) is 34.1 Å². The van der Waals surface area contributed by atoms with E-state index in [0.29, 0.717) is 22.3 Å². The number of hydrogen-bond donors (Lipinski definition) is 0. The fourth-order valence-electron chi connectivity index (χ4n) is 19.4. The molecular formula is C112H90F2N2O2Si2. The van der Waals surface area contributed by atoms with Crippen molar-refractivity contribution in [1.29, 1.82) is 0 Å². The Kier molecular flexibility index (Phi) is 18.7. The molecule has 20 rings (SSSR count). The molecule has 0 N–H and O–H groups in total. The van der Waals surface area contributed by atoms with E-state index in [2.05, 4.69) is 370 Å². The van der Waals surface area contributed by atoms with Gasteiger partial charge in [-0.2, -0.15) is 0 Å². The van der Waals surface area contributed by atoms with Gasteiger partial charge in [-0.05, 0) is 211 Å². The summed E-state index contributed by atoms with van der Waals surface area (Å²) in [6, 6.07) is 127. The van der Waals surface area contributed by atoms with Gasteiger partial charge in [0.1, 0.15) is 22.8 Å². The fraction of sp³-hybridized carbons (Fsp3) is 0.107. The largest absolute Gasteiger partial charge is 0.454 e. The summed E-state index contributed by atoms with van der Waals surface area (Å²) in [7, 11) is -6.07. The first-order valence-electron chi connectivity index (χ1n) is 41.8. The van der Waals surface area contributed by atoms with Crippen LogP contribution in [0.5, 0.6) is 0 Å². The van der Waals surface area contributed by atoms with Crippen LogP contribution in [-0.4, -0.2) is 16.1 Å². The molecule has 0 saturated heterocycles. The molecule has 0 unspecified atom stereocenters. The second-order valence-corrected chi connectivity index (χ2v) is 41.3. The van der Waals surface area contributed by atoms with Gasteiger partial charge in [0, 0.05) is 43.4 Å². The summed E-state index contributed by atoms with van der Waals surface area (Å²) in [5.74, 6) is -0.601. The molecule has 0 radical (unpaired) electrons. The van der Waals surface area contributed by atoms with Crippen molar-refractivity contribution in [2.24, 2.45) is 0 Å². The first kappa shape index (κ1) is 75.3. The second kappa shape index (κ2) is 29.8. The first-order chi connectivity index (χ1) is 58.4. The minimum absolute atomic E-state index is 0.0508. The summed E-state index contributed by atoms with van der Waals surface area (Å²) < 4.78 is 48.8. The highest BCUT2D eigenvalue weighted by atomic mass is 28.3. The average molecular weight is 1590 g/mol. The first-order valence-corrected chi connectivity index (χ1v) is 45.8. The maximum absolute atomic E-state index is 17.2. The molecule has 0 atom stereocenters. The number of fused-ring (bicyclic) bond motifs is 6. The van der Waals surface area contributed by atoms with Crippen molar-refractivity contribution in [3.05, 3.63) is 408 Å². The smallest absolute Gasteiger partial charge is 0.179 e. The maximum Gasteiger partial charge on any atom is 0.179 e. The highest BCUT2D eigenvalue weighted by Gasteiger charge is 2.44. The van der Waals surface area contributed by atoms with Gasteiger partial charge < -0.3 is 18.6 Å². The summed E-state index contributed by atoms with van der Waals surface area (Å²) in [4.78, 5) is 4.72. The Hall–Kier alpha value is -13.5. The topological polar surface area (TPSA) is 32.8 Å². The Morgan fingerprint density at radius 3 is 0.825 bits per heavy atom. The van der Waals surface area contributed by atoms with Gasteiger partial charge >= 0.3 is 0 Å². The lowest BCUT2D eigenvalue weighted by atomic mass is 9.83. The number of para-hydroxylation sites is 4. The van der Waals surface area contributed by atoms with E-state index in [4.69, 9.17) is 8.83 Å². The van der Waals surface area contributed by atoms with Crippen molar-refractivity contribution in [2.75, 3.05) is 9.80 Å². The lowest BCUT2D eigenvalue weighted by Crippen LogP contribution is -2.74. The number of hydrogen-bond acceptors (Lipinski definition) is 4. The average Bonchev–Trinajstić information content (AvgIpc) is 0.814. The quantitative estimate of drug-likeness (QED) is 0.0487. The van der Waals surface area contributed by atoms with Gasteiger partial charge in [0.15, 0.2) is 27.3 Å². The number of nitrogens with zero attached hydrogens (tertiary/aromatic N) is 2. The van der Waals surface area contributed by atoms with E-state index in [0.717, 1.165) is 121 Å². The van der Waals surface area contributed by atoms with Crippen LogP contribution in [0.3, 0.4) is 0 Å². The number of rotatable bonds is 18. The van der Waals surface area contributed by atoms with Crippen molar-refractivity contribution in [3.63, 3.8) is 0 Å². The lowest BCUT2D eigenvalue weighted by molar-refractivity contribution is 0.628. The predicted molar refractivity (Wildman–Crippen MR) is 509 cm³/mol. The van der Waals surface area contributed by atoms with Crippen LogP contribution in [0.1, 0.15) is 84.0 Å². The van der Waals surface area contributed by atoms with E-state index >= 15 is 8.78 Å². The third kappa shape index (κ3) is 12.4. The molecule has 0 aliphatic heterocycles. The Labute approximate surface area is 701 Å². The van der Waals surface area contributed by atoms with Crippen molar-refractivity contribution in [2.45, 2.75) is 81.1 Å². The molecule has 0 amide bonds. The Bertz CT molecular complexity index is 6670. The number of furan rings is 2. The molecule has 20 aromatic rings. The summed E-state index contributed by atoms with van der Waals surface area (Å²) in [6.45, 7) is 22.1. The van der Waals surface area contributed by atoms with E-state index in [1.807, 2.05) is 36.4 Å². The number of aryl methyl sites for hydroxylation is 6. The van der Waals surface area contributed by atoms with Crippen LogP contribution in [-0.2, 0) is 0 Å². The zero-order valence-electron chi connectivity index (χ0n) is 69.1. The van der Waals surface area contributed by atoms with Gasteiger partial charge in [-0.1, -0.05) is 340 Å². The zero-order chi connectivity index (χ0) is 82.0. The maximum atomic E-state index is 17.2. The molecule has 0 aliphatic rings. The second-order valence-electron chi connectivity index (χ2n) is 33.7. The van der Waals surface area contributed by atoms with Gasteiger partial charge in [-0.25, -0.2) is 8.78 Å². The summed E-state index contributed by atoms with van der Waals surface area (Å²) in [6.07, 6.45) is 0. The third-order valence-corrected chi connectivity index (χ3v) is 35.1. The van der Waals surface area contributed by atoms with Crippen molar-refractivity contribution in [1.82, 2.24) is 0 Å². The number of benzene rings is 18. The highest BCUT2D eigenvalue weighted by Crippen LogP contribution is 2.56. The van der Waals surface area contributed by atoms with Crippen molar-refractivity contribution in [3.8, 4) is 22.3 Å². The van der Waals surface area contributed by atoms with Crippen molar-refractivity contribution >= 4 is 168 Å². The molecule has 0 spiro atoms. The Morgan fingerprint density at radius 1 is 0.242 bits per heavy atom. The molecule has 4 nitrogen and oxygen atoms in total. The van der Waals surface area contributed by atoms with Crippen LogP contribution in [0.25, 0.3) is 98.4 Å². The minimum atomic E-state index is -3.04. The Balaban J connectivity index is 0.838. The van der Waals surface area contributed by atoms with Gasteiger partial charge in [-0.3, -0.25) is 0 Å². The molecule has 0 aliphatic carbocycles. The molecule has 0 bridgehead atoms. The van der Waals surface area contributed by atoms with Crippen LogP contribution in [0, 0.1) is 53.2 Å². The molecule has 120 heavy (non-hydrogen) atoms. The van der Waals surface area contributed by atoms with Crippen LogP contribution < -0.4 is 51.3 Å². The molecule has 0 fully saturated rings. The SMILES string of the molecule is Cc1ccc([Si](c2ccc(C)cc2)(c2ccc(C)cc2)c2ccc(-c3cc(F)ccc3N(c3cc4c(C(C)C)ccc5c(N(c6ccc(F)cc6-c6ccc([Si](c7ccc(C)cc7)(c7ccc(C)cc7)c7ccc(C)cc7)cc6)c6cccc7c6oc6ccccc67)cc6c(C(C)C)ccc3c6c45)c3cccc4c3oc3ccccc34)cc2)cc1. The number of anilines is 6.